The van der Waals surface area contributed by atoms with E-state index < -0.39 is 0 Å². The lowest BCUT2D eigenvalue weighted by Crippen LogP contribution is -2.31. The topological polar surface area (TPSA) is 96.7 Å². The van der Waals surface area contributed by atoms with Crippen LogP contribution in [0.2, 0.25) is 0 Å². The van der Waals surface area contributed by atoms with Crippen molar-refractivity contribution in [1.29, 1.82) is 0 Å². The molecule has 0 spiro atoms. The molecule has 0 bridgehead atoms. The van der Waals surface area contributed by atoms with Crippen LogP contribution in [0.5, 0.6) is 0 Å². The Kier molecular flexibility index (Phi) is 17.3. The lowest BCUT2D eigenvalue weighted by molar-refractivity contribution is -0.0630. The van der Waals surface area contributed by atoms with Crippen LogP contribution in [0.3, 0.4) is 0 Å². The molecule has 2 aliphatic rings. The second-order valence-corrected chi connectivity index (χ2v) is 14.0. The minimum Gasteiger partial charge on any atom is -0.381 e. The van der Waals surface area contributed by atoms with Gasteiger partial charge < -0.3 is 24.3 Å². The predicted octanol–water partition coefficient (Wildman–Crippen LogP) is 8.39. The Bertz CT molecular complexity index is 1320. The van der Waals surface area contributed by atoms with Gasteiger partial charge in [-0.15, -0.1) is 5.10 Å². The molecule has 4 atom stereocenters. The largest absolute Gasteiger partial charge is 0.381 e. The zero-order valence-corrected chi connectivity index (χ0v) is 30.1. The number of aromatic nitrogens is 3. The normalized spacial score (nSPS) is 20.9. The Balaban J connectivity index is 0.857. The van der Waals surface area contributed by atoms with Gasteiger partial charge in [0.15, 0.2) is 0 Å². The fourth-order valence-corrected chi connectivity index (χ4v) is 7.01. The van der Waals surface area contributed by atoms with Gasteiger partial charge in [0.1, 0.15) is 11.8 Å². The Morgan fingerprint density at radius 2 is 1.36 bits per heavy atom. The molecule has 2 aromatic carbocycles. The van der Waals surface area contributed by atoms with Gasteiger partial charge >= 0.3 is 0 Å². The molecule has 2 fully saturated rings. The van der Waals surface area contributed by atoms with E-state index in [1.165, 1.54) is 18.4 Å². The van der Waals surface area contributed by atoms with Crippen LogP contribution >= 0.6 is 0 Å². The van der Waals surface area contributed by atoms with E-state index in [9.17, 15) is 4.79 Å². The van der Waals surface area contributed by atoms with Crippen molar-refractivity contribution in [2.75, 3.05) is 26.4 Å². The van der Waals surface area contributed by atoms with Crippen LogP contribution < -0.4 is 5.32 Å². The van der Waals surface area contributed by atoms with Gasteiger partial charge in [-0.1, -0.05) is 66.6 Å². The molecule has 9 nitrogen and oxygen atoms in total. The van der Waals surface area contributed by atoms with Crippen LogP contribution in [-0.2, 0) is 32.1 Å². The van der Waals surface area contributed by atoms with E-state index in [0.29, 0.717) is 12.7 Å². The second-order valence-electron chi connectivity index (χ2n) is 14.0. The molecule has 0 saturated carbocycles. The third kappa shape index (κ3) is 14.3. The summed E-state index contributed by atoms with van der Waals surface area (Å²) in [6.45, 7) is 4.59. The molecule has 2 saturated heterocycles. The van der Waals surface area contributed by atoms with Crippen molar-refractivity contribution in [2.45, 2.75) is 140 Å². The highest BCUT2D eigenvalue weighted by Crippen LogP contribution is 2.32. The smallest absolute Gasteiger partial charge is 0.251 e. The fraction of sp³-hybridized carbons (Fsp3) is 0.634. The molecule has 3 heterocycles. The van der Waals surface area contributed by atoms with Crippen LogP contribution in [0.1, 0.15) is 130 Å². The maximum Gasteiger partial charge on any atom is 0.251 e. The van der Waals surface area contributed by atoms with E-state index in [-0.39, 0.29) is 24.2 Å². The van der Waals surface area contributed by atoms with Gasteiger partial charge in [0, 0.05) is 31.9 Å². The molecule has 0 aliphatic carbocycles. The first-order valence-electron chi connectivity index (χ1n) is 19.5. The van der Waals surface area contributed by atoms with E-state index in [2.05, 4.69) is 46.1 Å². The molecule has 2 aliphatic heterocycles. The lowest BCUT2D eigenvalue weighted by atomic mass is 9.99. The molecular formula is C41H60N4O5. The number of amides is 1. The molecule has 3 aromatic rings. The molecule has 0 unspecified atom stereocenters. The first-order valence-corrected chi connectivity index (χ1v) is 19.5. The van der Waals surface area contributed by atoms with Gasteiger partial charge in [-0.25, -0.2) is 4.68 Å². The summed E-state index contributed by atoms with van der Waals surface area (Å²) >= 11 is 0. The van der Waals surface area contributed by atoms with Crippen molar-refractivity contribution in [2.24, 2.45) is 0 Å². The van der Waals surface area contributed by atoms with Crippen LogP contribution in [0.15, 0.2) is 66.9 Å². The van der Waals surface area contributed by atoms with E-state index in [4.69, 9.17) is 18.9 Å². The maximum atomic E-state index is 12.1. The van der Waals surface area contributed by atoms with Gasteiger partial charge in [-0.2, -0.15) is 0 Å². The zero-order valence-electron chi connectivity index (χ0n) is 30.1. The van der Waals surface area contributed by atoms with Gasteiger partial charge in [-0.05, 0) is 108 Å². The summed E-state index contributed by atoms with van der Waals surface area (Å²) in [5.74, 6) is 0.00892. The number of carbonyl (C=O) groups is 1. The molecule has 5 rings (SSSR count). The van der Waals surface area contributed by atoms with Crippen LogP contribution in [0, 0.1) is 0 Å². The summed E-state index contributed by atoms with van der Waals surface area (Å²) in [4.78, 5) is 12.1. The summed E-state index contributed by atoms with van der Waals surface area (Å²) in [7, 11) is 0. The number of ether oxygens (including phenoxy) is 4. The molecular weight excluding hydrogens is 628 g/mol. The summed E-state index contributed by atoms with van der Waals surface area (Å²) in [5.41, 5.74) is 2.91. The monoisotopic (exact) mass is 688 g/mol. The third-order valence-corrected chi connectivity index (χ3v) is 9.84. The number of hydrogen-bond acceptors (Lipinski definition) is 7. The number of rotatable bonds is 23. The molecule has 9 heteroatoms. The lowest BCUT2D eigenvalue weighted by Gasteiger charge is -2.30. The van der Waals surface area contributed by atoms with Gasteiger partial charge in [0.2, 0.25) is 0 Å². The van der Waals surface area contributed by atoms with E-state index in [1.54, 1.807) is 0 Å². The van der Waals surface area contributed by atoms with Gasteiger partial charge in [0.25, 0.3) is 5.91 Å². The highest BCUT2D eigenvalue weighted by atomic mass is 16.5. The molecule has 50 heavy (non-hydrogen) atoms. The second kappa shape index (κ2) is 22.7. The van der Waals surface area contributed by atoms with E-state index in [1.807, 2.05) is 41.1 Å². The predicted molar refractivity (Wildman–Crippen MR) is 196 cm³/mol. The Hall–Kier alpha value is -3.11. The molecule has 1 N–H and O–H groups in total. The van der Waals surface area contributed by atoms with Crippen LogP contribution in [0.4, 0.5) is 0 Å². The maximum absolute atomic E-state index is 12.1. The minimum atomic E-state index is 0.00892. The number of nitrogens with zero attached hydrogens (tertiary/aromatic N) is 3. The quantitative estimate of drug-likeness (QED) is 0.100. The number of hydrogen-bond donors (Lipinski definition) is 1. The van der Waals surface area contributed by atoms with Crippen molar-refractivity contribution in [1.82, 2.24) is 20.3 Å². The van der Waals surface area contributed by atoms with Gasteiger partial charge in [-0.3, -0.25) is 4.79 Å². The van der Waals surface area contributed by atoms with Crippen LogP contribution in [-0.4, -0.2) is 65.6 Å². The van der Waals surface area contributed by atoms with Crippen molar-refractivity contribution in [3.8, 4) is 0 Å². The Morgan fingerprint density at radius 3 is 2.14 bits per heavy atom. The summed E-state index contributed by atoms with van der Waals surface area (Å²) < 4.78 is 26.7. The van der Waals surface area contributed by atoms with E-state index in [0.717, 1.165) is 134 Å². The zero-order chi connectivity index (χ0) is 34.5. The summed E-state index contributed by atoms with van der Waals surface area (Å²) in [6, 6.07) is 19.8. The van der Waals surface area contributed by atoms with Crippen molar-refractivity contribution in [3.05, 3.63) is 83.7 Å². The first-order chi connectivity index (χ1) is 24.7. The fourth-order valence-electron chi connectivity index (χ4n) is 7.01. The van der Waals surface area contributed by atoms with Crippen molar-refractivity contribution < 1.29 is 23.7 Å². The SMILES string of the molecule is O=C(NCCCCCCOCCCC[C@H]1CCC[C@@H](Cn2cc([C@@H]3CCC[C@H](CCCCOCc4ccccc4)O3)nn2)O1)c1ccccc1. The van der Waals surface area contributed by atoms with Crippen molar-refractivity contribution >= 4 is 5.91 Å². The van der Waals surface area contributed by atoms with Crippen LogP contribution in [0.25, 0.3) is 0 Å². The standard InChI is InChI=1S/C41H60N4O5/c46-41(35-19-7-4-8-20-35)42-27-11-1-2-12-28-47-29-13-9-21-36-23-15-25-38(49-36)31-45-32-39(43-44-45)40-26-16-24-37(50-40)22-10-14-30-48-33-34-17-5-3-6-18-34/h3-8,17-20,32,36-38,40H,1-2,9-16,21-31,33H2,(H,42,46)/t36-,37-,38-,40-/m0/s1. The van der Waals surface area contributed by atoms with Gasteiger partial charge in [0.05, 0.1) is 37.7 Å². The minimum absolute atomic E-state index is 0.00892. The highest BCUT2D eigenvalue weighted by Gasteiger charge is 2.27. The highest BCUT2D eigenvalue weighted by molar-refractivity contribution is 5.94. The number of benzene rings is 2. The average molecular weight is 689 g/mol. The number of carbonyl (C=O) groups excluding carboxylic acids is 1. The first kappa shape index (κ1) is 38.1. The third-order valence-electron chi connectivity index (χ3n) is 9.84. The van der Waals surface area contributed by atoms with Crippen molar-refractivity contribution in [3.63, 3.8) is 0 Å². The Morgan fingerprint density at radius 1 is 0.720 bits per heavy atom. The average Bonchev–Trinajstić information content (AvgIpc) is 3.63. The molecule has 1 aromatic heterocycles. The number of nitrogens with one attached hydrogen (secondary N) is 1. The summed E-state index contributed by atoms with van der Waals surface area (Å²) in [5, 5.41) is 12.0. The van der Waals surface area contributed by atoms with E-state index >= 15 is 0 Å². The Labute approximate surface area is 299 Å². The number of unbranched alkanes of at least 4 members (excludes halogenated alkanes) is 5. The summed E-state index contributed by atoms with van der Waals surface area (Å²) in [6.07, 6.45) is 20.5. The molecule has 274 valence electrons. The molecule has 1 amide bonds. The molecule has 0 radical (unpaired) electrons.